The number of amides is 2. The predicted molar refractivity (Wildman–Crippen MR) is 134 cm³/mol. The molecule has 2 amide bonds. The monoisotopic (exact) mass is 532 g/mol. The number of benzene rings is 2. The molecule has 0 unspecified atom stereocenters. The number of hydrogen-bond acceptors (Lipinski definition) is 4. The number of carbonyl (C=O) groups is 2. The molecule has 0 saturated heterocycles. The third kappa shape index (κ3) is 4.87. The van der Waals surface area contributed by atoms with Crippen molar-refractivity contribution in [2.24, 2.45) is 5.92 Å². The van der Waals surface area contributed by atoms with Gasteiger partial charge < -0.3 is 9.80 Å². The molecule has 0 atom stereocenters. The van der Waals surface area contributed by atoms with Gasteiger partial charge in [0.05, 0.1) is 10.6 Å². The maximum atomic E-state index is 13.2. The highest BCUT2D eigenvalue weighted by molar-refractivity contribution is 9.10. The molecule has 6 nitrogen and oxygen atoms in total. The van der Waals surface area contributed by atoms with Crippen molar-refractivity contribution in [3.8, 4) is 0 Å². The summed E-state index contributed by atoms with van der Waals surface area (Å²) in [5, 5.41) is 0. The zero-order valence-electron chi connectivity index (χ0n) is 19.2. The normalized spacial score (nSPS) is 15.5. The van der Waals surface area contributed by atoms with Crippen molar-refractivity contribution in [2.75, 3.05) is 28.6 Å². The van der Waals surface area contributed by atoms with Gasteiger partial charge in [-0.25, -0.2) is 8.42 Å². The lowest BCUT2D eigenvalue weighted by atomic mass is 10.1. The molecule has 0 spiro atoms. The van der Waals surface area contributed by atoms with Crippen molar-refractivity contribution in [2.45, 2.75) is 51.3 Å². The van der Waals surface area contributed by atoms with Crippen molar-refractivity contribution < 1.29 is 18.0 Å². The zero-order chi connectivity index (χ0) is 23.9. The molecule has 0 bridgehead atoms. The van der Waals surface area contributed by atoms with Crippen molar-refractivity contribution in [1.29, 1.82) is 0 Å². The smallest absolute Gasteiger partial charge is 0.230 e. The maximum Gasteiger partial charge on any atom is 0.230 e. The van der Waals surface area contributed by atoms with Gasteiger partial charge in [-0.15, -0.1) is 0 Å². The van der Waals surface area contributed by atoms with E-state index in [1.165, 1.54) is 0 Å². The molecule has 2 aliphatic rings. The fourth-order valence-corrected chi connectivity index (χ4v) is 6.71. The molecule has 1 heterocycles. The van der Waals surface area contributed by atoms with E-state index in [4.69, 9.17) is 0 Å². The number of hydrogen-bond donors (Lipinski definition) is 0. The van der Waals surface area contributed by atoms with E-state index in [1.807, 2.05) is 39.0 Å². The fraction of sp³-hybridized carbons (Fsp3) is 0.440. The van der Waals surface area contributed by atoms with Crippen molar-refractivity contribution in [3.05, 3.63) is 51.5 Å². The molecule has 0 radical (unpaired) electrons. The van der Waals surface area contributed by atoms with E-state index in [0.717, 1.165) is 35.2 Å². The summed E-state index contributed by atoms with van der Waals surface area (Å²) in [7, 11) is -3.73. The van der Waals surface area contributed by atoms with Crippen LogP contribution in [-0.4, -0.2) is 39.1 Å². The van der Waals surface area contributed by atoms with Crippen molar-refractivity contribution >= 4 is 49.0 Å². The molecule has 8 heteroatoms. The van der Waals surface area contributed by atoms with Gasteiger partial charge in [-0.2, -0.15) is 0 Å². The van der Waals surface area contributed by atoms with Crippen LogP contribution < -0.4 is 9.80 Å². The van der Waals surface area contributed by atoms with E-state index in [-0.39, 0.29) is 34.8 Å². The summed E-state index contributed by atoms with van der Waals surface area (Å²) in [6.07, 6.45) is 2.41. The Morgan fingerprint density at radius 1 is 1.12 bits per heavy atom. The van der Waals surface area contributed by atoms with Crippen LogP contribution >= 0.6 is 15.9 Å². The minimum Gasteiger partial charge on any atom is -0.313 e. The van der Waals surface area contributed by atoms with Crippen LogP contribution in [0.5, 0.6) is 0 Å². The van der Waals surface area contributed by atoms with Gasteiger partial charge in [0.15, 0.2) is 9.84 Å². The summed E-state index contributed by atoms with van der Waals surface area (Å²) < 4.78 is 26.9. The average Bonchev–Trinajstić information content (AvgIpc) is 3.54. The lowest BCUT2D eigenvalue weighted by molar-refractivity contribution is -0.120. The first-order valence-electron chi connectivity index (χ1n) is 11.4. The summed E-state index contributed by atoms with van der Waals surface area (Å²) in [6.45, 7) is 6.93. The minimum absolute atomic E-state index is 0.0720. The molecule has 2 aromatic carbocycles. The Balaban J connectivity index is 1.52. The SMILES string of the molecule is CCN(C(=O)CCS(=O)(=O)c1cc2c(cc1Br)CCN2C(=O)C1CC1)c1ccc(C)c(C)c1. The highest BCUT2D eigenvalue weighted by Crippen LogP contribution is 2.39. The predicted octanol–water partition coefficient (Wildman–Crippen LogP) is 4.58. The molecule has 33 heavy (non-hydrogen) atoms. The Kier molecular flexibility index (Phi) is 6.69. The third-order valence-electron chi connectivity index (χ3n) is 6.56. The number of sulfone groups is 1. The summed E-state index contributed by atoms with van der Waals surface area (Å²) >= 11 is 3.41. The minimum atomic E-state index is -3.73. The topological polar surface area (TPSA) is 74.8 Å². The highest BCUT2D eigenvalue weighted by atomic mass is 79.9. The number of nitrogens with zero attached hydrogens (tertiary/aromatic N) is 2. The van der Waals surface area contributed by atoms with Crippen LogP contribution in [0.3, 0.4) is 0 Å². The first kappa shape index (κ1) is 24.0. The lowest BCUT2D eigenvalue weighted by Crippen LogP contribution is -2.32. The largest absolute Gasteiger partial charge is 0.313 e. The molecule has 1 saturated carbocycles. The van der Waals surface area contributed by atoms with Crippen LogP contribution in [0.25, 0.3) is 0 Å². The molecular formula is C25H29BrN2O4S. The van der Waals surface area contributed by atoms with Gasteiger partial charge in [-0.3, -0.25) is 9.59 Å². The van der Waals surface area contributed by atoms with E-state index in [2.05, 4.69) is 15.9 Å². The standard InChI is InChI=1S/C25H29BrN2O4S/c1-4-27(20-8-5-16(2)17(3)13-20)24(29)10-12-33(31,32)23-15-22-19(14-21(23)26)9-11-28(22)25(30)18-6-7-18/h5,8,13-15,18H,4,6-7,9-12H2,1-3H3. The van der Waals surface area contributed by atoms with E-state index in [0.29, 0.717) is 29.7 Å². The molecule has 1 aliphatic heterocycles. The first-order chi connectivity index (χ1) is 15.6. The Morgan fingerprint density at radius 2 is 1.85 bits per heavy atom. The van der Waals surface area contributed by atoms with Crippen LogP contribution in [0.1, 0.15) is 42.9 Å². The summed E-state index contributed by atoms with van der Waals surface area (Å²) in [5.41, 5.74) is 4.65. The molecule has 2 aromatic rings. The molecule has 0 aromatic heterocycles. The molecule has 1 fully saturated rings. The Labute approximate surface area is 204 Å². The maximum absolute atomic E-state index is 13.2. The molecule has 4 rings (SSSR count). The molecule has 176 valence electrons. The second-order valence-corrected chi connectivity index (χ2v) is 11.8. The van der Waals surface area contributed by atoms with Gasteiger partial charge in [0.25, 0.3) is 0 Å². The van der Waals surface area contributed by atoms with Gasteiger partial charge in [0.1, 0.15) is 0 Å². The first-order valence-corrected chi connectivity index (χ1v) is 13.8. The number of carbonyl (C=O) groups excluding carboxylic acids is 2. The van der Waals surface area contributed by atoms with Crippen molar-refractivity contribution in [3.63, 3.8) is 0 Å². The van der Waals surface area contributed by atoms with Crippen molar-refractivity contribution in [1.82, 2.24) is 0 Å². The third-order valence-corrected chi connectivity index (χ3v) is 9.23. The average molecular weight is 533 g/mol. The van der Waals surface area contributed by atoms with Gasteiger partial charge in [-0.05, 0) is 96.9 Å². The number of anilines is 2. The highest BCUT2D eigenvalue weighted by Gasteiger charge is 2.37. The molecule has 1 aliphatic carbocycles. The van der Waals surface area contributed by atoms with Gasteiger partial charge in [0, 0.05) is 41.3 Å². The summed E-state index contributed by atoms with van der Waals surface area (Å²) in [5.74, 6) is -0.363. The van der Waals surface area contributed by atoms with E-state index < -0.39 is 9.84 Å². The van der Waals surface area contributed by atoms with Crippen LogP contribution in [-0.2, 0) is 25.8 Å². The Morgan fingerprint density at radius 3 is 2.48 bits per heavy atom. The molecular weight excluding hydrogens is 504 g/mol. The Bertz CT molecular complexity index is 1220. The lowest BCUT2D eigenvalue weighted by Gasteiger charge is -2.22. The zero-order valence-corrected chi connectivity index (χ0v) is 21.6. The second kappa shape index (κ2) is 9.22. The van der Waals surface area contributed by atoms with Crippen LogP contribution in [0.15, 0.2) is 39.7 Å². The van der Waals surface area contributed by atoms with E-state index in [1.54, 1.807) is 21.9 Å². The van der Waals surface area contributed by atoms with Crippen LogP contribution in [0.2, 0.25) is 0 Å². The van der Waals surface area contributed by atoms with Gasteiger partial charge in [0.2, 0.25) is 11.8 Å². The number of fused-ring (bicyclic) bond motifs is 1. The second-order valence-electron chi connectivity index (χ2n) is 8.90. The fourth-order valence-electron chi connectivity index (χ4n) is 4.27. The van der Waals surface area contributed by atoms with Gasteiger partial charge >= 0.3 is 0 Å². The van der Waals surface area contributed by atoms with E-state index >= 15 is 0 Å². The van der Waals surface area contributed by atoms with Crippen LogP contribution in [0.4, 0.5) is 11.4 Å². The number of rotatable bonds is 7. The quantitative estimate of drug-likeness (QED) is 0.522. The molecule has 0 N–H and O–H groups in total. The van der Waals surface area contributed by atoms with Crippen LogP contribution in [0, 0.1) is 19.8 Å². The Hall–Kier alpha value is -2.19. The summed E-state index contributed by atoms with van der Waals surface area (Å²) in [4.78, 5) is 29.1. The number of aryl methyl sites for hydroxylation is 2. The summed E-state index contributed by atoms with van der Waals surface area (Å²) in [6, 6.07) is 9.22. The number of halogens is 1. The van der Waals surface area contributed by atoms with E-state index in [9.17, 15) is 18.0 Å². The van der Waals surface area contributed by atoms with Gasteiger partial charge in [-0.1, -0.05) is 6.07 Å².